The number of amides is 2. The molecule has 118 valence electrons. The van der Waals surface area contributed by atoms with Crippen molar-refractivity contribution in [1.29, 1.82) is 0 Å². The molecule has 20 heavy (non-hydrogen) atoms. The number of carbonyl (C=O) groups excluding carboxylic acids is 1. The largest absolute Gasteiger partial charge is 0.481 e. The number of carbonyl (C=O) groups is 2. The van der Waals surface area contributed by atoms with Gasteiger partial charge in [-0.25, -0.2) is 4.79 Å². The summed E-state index contributed by atoms with van der Waals surface area (Å²) < 4.78 is 0. The van der Waals surface area contributed by atoms with Crippen molar-refractivity contribution in [3.8, 4) is 0 Å². The van der Waals surface area contributed by atoms with E-state index < -0.39 is 5.97 Å². The van der Waals surface area contributed by atoms with Crippen LogP contribution in [0.4, 0.5) is 4.79 Å². The number of hydrogen-bond acceptors (Lipinski definition) is 2. The Morgan fingerprint density at radius 1 is 1.10 bits per heavy atom. The summed E-state index contributed by atoms with van der Waals surface area (Å²) in [5.41, 5.74) is 0. The van der Waals surface area contributed by atoms with Crippen LogP contribution in [0.1, 0.15) is 59.8 Å². The number of carboxylic acids is 1. The molecule has 2 unspecified atom stereocenters. The molecule has 3 N–H and O–H groups in total. The summed E-state index contributed by atoms with van der Waals surface area (Å²) in [4.78, 5) is 22.2. The lowest BCUT2D eigenvalue weighted by Crippen LogP contribution is -2.44. The molecule has 0 saturated heterocycles. The number of aliphatic carboxylic acids is 1. The molecular formula is C15H30N2O3. The molecule has 2 atom stereocenters. The minimum atomic E-state index is -0.762. The minimum Gasteiger partial charge on any atom is -0.481 e. The van der Waals surface area contributed by atoms with E-state index in [4.69, 9.17) is 5.11 Å². The van der Waals surface area contributed by atoms with Crippen molar-refractivity contribution in [3.63, 3.8) is 0 Å². The second-order valence-electron chi connectivity index (χ2n) is 5.59. The van der Waals surface area contributed by atoms with E-state index in [1.165, 1.54) is 0 Å². The van der Waals surface area contributed by atoms with Crippen LogP contribution in [0.15, 0.2) is 0 Å². The Morgan fingerprint density at radius 3 is 2.20 bits per heavy atom. The highest BCUT2D eigenvalue weighted by molar-refractivity contribution is 5.74. The van der Waals surface area contributed by atoms with Gasteiger partial charge in [-0.1, -0.05) is 33.6 Å². The molecule has 0 saturated carbocycles. The molecule has 0 aliphatic rings. The maximum absolute atomic E-state index is 11.7. The monoisotopic (exact) mass is 286 g/mol. The number of carboxylic acid groups (broad SMARTS) is 1. The fourth-order valence-corrected chi connectivity index (χ4v) is 2.32. The quantitative estimate of drug-likeness (QED) is 0.577. The summed E-state index contributed by atoms with van der Waals surface area (Å²) in [6.45, 7) is 8.90. The highest BCUT2D eigenvalue weighted by Crippen LogP contribution is 2.12. The van der Waals surface area contributed by atoms with Gasteiger partial charge in [0.1, 0.15) is 0 Å². The van der Waals surface area contributed by atoms with Crippen LogP contribution in [0.3, 0.4) is 0 Å². The molecule has 0 aromatic rings. The third-order valence-electron chi connectivity index (χ3n) is 3.89. The maximum atomic E-state index is 11.7. The van der Waals surface area contributed by atoms with Crippen LogP contribution >= 0.6 is 0 Å². The summed E-state index contributed by atoms with van der Waals surface area (Å²) in [5.74, 6) is 0.0552. The summed E-state index contributed by atoms with van der Waals surface area (Å²) >= 11 is 0. The van der Waals surface area contributed by atoms with E-state index in [1.54, 1.807) is 0 Å². The minimum absolute atomic E-state index is 0.130. The smallest absolute Gasteiger partial charge is 0.315 e. The average molecular weight is 286 g/mol. The zero-order valence-electron chi connectivity index (χ0n) is 13.2. The van der Waals surface area contributed by atoms with Gasteiger partial charge in [0, 0.05) is 19.0 Å². The standard InChI is InChI=1S/C15H30N2O3/c1-5-13(6-2)12(4)17-15(20)16-10-9-11(3)7-8-14(18)19/h11-13H,5-10H2,1-4H3,(H,18,19)(H2,16,17,20). The van der Waals surface area contributed by atoms with Crippen molar-refractivity contribution in [2.24, 2.45) is 11.8 Å². The van der Waals surface area contributed by atoms with E-state index in [0.717, 1.165) is 19.3 Å². The Kier molecular flexibility index (Phi) is 9.86. The SMILES string of the molecule is CCC(CC)C(C)NC(=O)NCCC(C)CCC(=O)O. The molecule has 0 aromatic heterocycles. The van der Waals surface area contributed by atoms with Crippen LogP contribution in [-0.2, 0) is 4.79 Å². The summed E-state index contributed by atoms with van der Waals surface area (Å²) in [6, 6.07) is 0.0456. The lowest BCUT2D eigenvalue weighted by atomic mass is 9.96. The Bertz CT molecular complexity index is 291. The van der Waals surface area contributed by atoms with E-state index in [1.807, 2.05) is 13.8 Å². The molecular weight excluding hydrogens is 256 g/mol. The second kappa shape index (κ2) is 10.5. The van der Waals surface area contributed by atoms with Crippen LogP contribution in [-0.4, -0.2) is 29.7 Å². The van der Waals surface area contributed by atoms with Crippen molar-refractivity contribution in [2.75, 3.05) is 6.54 Å². The van der Waals surface area contributed by atoms with Gasteiger partial charge in [0.05, 0.1) is 0 Å². The van der Waals surface area contributed by atoms with Crippen molar-refractivity contribution in [3.05, 3.63) is 0 Å². The van der Waals surface area contributed by atoms with Crippen LogP contribution in [0.5, 0.6) is 0 Å². The predicted octanol–water partition coefficient (Wildman–Crippen LogP) is 3.00. The van der Waals surface area contributed by atoms with Gasteiger partial charge in [-0.2, -0.15) is 0 Å². The van der Waals surface area contributed by atoms with Gasteiger partial charge in [0.2, 0.25) is 0 Å². The van der Waals surface area contributed by atoms with E-state index in [9.17, 15) is 9.59 Å². The first kappa shape index (κ1) is 18.7. The number of hydrogen-bond donors (Lipinski definition) is 3. The molecule has 0 bridgehead atoms. The Balaban J connectivity index is 3.80. The third kappa shape index (κ3) is 8.77. The van der Waals surface area contributed by atoms with Gasteiger partial charge in [-0.05, 0) is 31.6 Å². The van der Waals surface area contributed by atoms with E-state index in [0.29, 0.717) is 24.8 Å². The van der Waals surface area contributed by atoms with Gasteiger partial charge in [0.25, 0.3) is 0 Å². The molecule has 0 heterocycles. The average Bonchev–Trinajstić information content (AvgIpc) is 2.37. The molecule has 0 spiro atoms. The fraction of sp³-hybridized carbons (Fsp3) is 0.867. The molecule has 5 nitrogen and oxygen atoms in total. The van der Waals surface area contributed by atoms with Gasteiger partial charge in [-0.15, -0.1) is 0 Å². The van der Waals surface area contributed by atoms with Gasteiger partial charge in [-0.3, -0.25) is 4.79 Å². The van der Waals surface area contributed by atoms with Crippen molar-refractivity contribution < 1.29 is 14.7 Å². The summed E-state index contributed by atoms with van der Waals surface area (Å²) in [5, 5.41) is 14.4. The second-order valence-corrected chi connectivity index (χ2v) is 5.59. The topological polar surface area (TPSA) is 78.4 Å². The van der Waals surface area contributed by atoms with Crippen molar-refractivity contribution in [1.82, 2.24) is 10.6 Å². The van der Waals surface area contributed by atoms with E-state index >= 15 is 0 Å². The fourth-order valence-electron chi connectivity index (χ4n) is 2.32. The molecule has 0 rings (SSSR count). The first-order valence-corrected chi connectivity index (χ1v) is 7.66. The summed E-state index contributed by atoms with van der Waals surface area (Å²) in [7, 11) is 0. The molecule has 5 heteroatoms. The van der Waals surface area contributed by atoms with Crippen LogP contribution in [0, 0.1) is 11.8 Å². The Labute approximate surface area is 122 Å². The molecule has 0 aliphatic carbocycles. The molecule has 0 radical (unpaired) electrons. The van der Waals surface area contributed by atoms with Crippen LogP contribution in [0.25, 0.3) is 0 Å². The molecule has 0 aliphatic heterocycles. The Morgan fingerprint density at radius 2 is 1.70 bits per heavy atom. The highest BCUT2D eigenvalue weighted by Gasteiger charge is 2.15. The zero-order valence-corrected chi connectivity index (χ0v) is 13.2. The third-order valence-corrected chi connectivity index (χ3v) is 3.89. The summed E-state index contributed by atoms with van der Waals surface area (Å²) in [6.07, 6.45) is 3.77. The normalized spacial score (nSPS) is 13.8. The van der Waals surface area contributed by atoms with Gasteiger partial charge >= 0.3 is 12.0 Å². The van der Waals surface area contributed by atoms with Gasteiger partial charge < -0.3 is 15.7 Å². The maximum Gasteiger partial charge on any atom is 0.315 e. The first-order valence-electron chi connectivity index (χ1n) is 7.66. The molecule has 0 aromatic carbocycles. The molecule has 0 fully saturated rings. The Hall–Kier alpha value is -1.26. The lowest BCUT2D eigenvalue weighted by molar-refractivity contribution is -0.137. The van der Waals surface area contributed by atoms with Crippen LogP contribution < -0.4 is 10.6 Å². The van der Waals surface area contributed by atoms with Gasteiger partial charge in [0.15, 0.2) is 0 Å². The van der Waals surface area contributed by atoms with Crippen molar-refractivity contribution >= 4 is 12.0 Å². The number of rotatable bonds is 10. The number of urea groups is 1. The highest BCUT2D eigenvalue weighted by atomic mass is 16.4. The molecule has 2 amide bonds. The van der Waals surface area contributed by atoms with E-state index in [-0.39, 0.29) is 18.5 Å². The van der Waals surface area contributed by atoms with Crippen molar-refractivity contribution in [2.45, 2.75) is 65.8 Å². The zero-order chi connectivity index (χ0) is 15.5. The van der Waals surface area contributed by atoms with E-state index in [2.05, 4.69) is 24.5 Å². The first-order chi connectivity index (χ1) is 9.40. The lowest BCUT2D eigenvalue weighted by Gasteiger charge is -2.22. The van der Waals surface area contributed by atoms with Crippen LogP contribution in [0.2, 0.25) is 0 Å². The number of nitrogens with one attached hydrogen (secondary N) is 2. The predicted molar refractivity (Wildman–Crippen MR) is 80.7 cm³/mol.